The molecule has 2 unspecified atom stereocenters. The lowest BCUT2D eigenvalue weighted by molar-refractivity contribution is 0.0961. The first kappa shape index (κ1) is 16.5. The van der Waals surface area contributed by atoms with Gasteiger partial charge in [0.15, 0.2) is 0 Å². The molecule has 0 spiro atoms. The lowest BCUT2D eigenvalue weighted by Crippen LogP contribution is -2.50. The van der Waals surface area contributed by atoms with Crippen LogP contribution >= 0.6 is 0 Å². The van der Waals surface area contributed by atoms with Crippen LogP contribution in [0.1, 0.15) is 37.4 Å². The maximum atomic E-state index is 3.65. The van der Waals surface area contributed by atoms with E-state index in [1.165, 1.54) is 43.7 Å². The van der Waals surface area contributed by atoms with E-state index in [-0.39, 0.29) is 0 Å². The van der Waals surface area contributed by atoms with Gasteiger partial charge in [0.1, 0.15) is 0 Å². The zero-order valence-electron chi connectivity index (χ0n) is 14.1. The Bertz CT molecular complexity index is 432. The first-order chi connectivity index (χ1) is 10.1. The normalized spacial score (nSPS) is 22.4. The molecular weight excluding hydrogens is 258 g/mol. The fourth-order valence-corrected chi connectivity index (χ4v) is 3.32. The number of likely N-dealkylation sites (N-methyl/N-ethyl adjacent to an activating group) is 1. The van der Waals surface area contributed by atoms with Gasteiger partial charge >= 0.3 is 0 Å². The van der Waals surface area contributed by atoms with Crippen molar-refractivity contribution in [3.63, 3.8) is 0 Å². The van der Waals surface area contributed by atoms with Crippen LogP contribution in [0.2, 0.25) is 0 Å². The molecule has 0 amide bonds. The molecule has 118 valence electrons. The number of hydrogen-bond acceptors (Lipinski definition) is 3. The van der Waals surface area contributed by atoms with Gasteiger partial charge in [-0.15, -0.1) is 0 Å². The molecule has 0 saturated carbocycles. The molecule has 3 nitrogen and oxygen atoms in total. The van der Waals surface area contributed by atoms with Crippen LogP contribution in [0, 0.1) is 6.92 Å². The van der Waals surface area contributed by atoms with E-state index in [1.807, 2.05) is 0 Å². The van der Waals surface area contributed by atoms with E-state index in [4.69, 9.17) is 0 Å². The zero-order valence-corrected chi connectivity index (χ0v) is 14.1. The SMILES string of the molecule is CCNC(CCN1CCN(C)CC1C)c1cccc(C)c1. The van der Waals surface area contributed by atoms with E-state index < -0.39 is 0 Å². The minimum Gasteiger partial charge on any atom is -0.310 e. The number of nitrogens with zero attached hydrogens (tertiary/aromatic N) is 2. The third kappa shape index (κ3) is 4.80. The van der Waals surface area contributed by atoms with Crippen molar-refractivity contribution in [2.45, 2.75) is 39.3 Å². The molecule has 0 aromatic heterocycles. The van der Waals surface area contributed by atoms with Gasteiger partial charge in [0.25, 0.3) is 0 Å². The molecule has 1 aromatic rings. The summed E-state index contributed by atoms with van der Waals surface area (Å²) in [5, 5.41) is 3.65. The average molecular weight is 289 g/mol. The number of benzene rings is 1. The molecule has 0 bridgehead atoms. The second-order valence-electron chi connectivity index (χ2n) is 6.46. The number of rotatable bonds is 6. The Morgan fingerprint density at radius 3 is 2.81 bits per heavy atom. The Morgan fingerprint density at radius 1 is 1.33 bits per heavy atom. The van der Waals surface area contributed by atoms with Gasteiger partial charge in [-0.2, -0.15) is 0 Å². The van der Waals surface area contributed by atoms with Crippen LogP contribution in [0.5, 0.6) is 0 Å². The quantitative estimate of drug-likeness (QED) is 0.868. The Hall–Kier alpha value is -0.900. The van der Waals surface area contributed by atoms with Crippen molar-refractivity contribution in [1.29, 1.82) is 0 Å². The largest absolute Gasteiger partial charge is 0.310 e. The number of aryl methyl sites for hydroxylation is 1. The van der Waals surface area contributed by atoms with Crippen molar-refractivity contribution in [1.82, 2.24) is 15.1 Å². The molecular formula is C18H31N3. The van der Waals surface area contributed by atoms with E-state index >= 15 is 0 Å². The predicted molar refractivity (Wildman–Crippen MR) is 90.7 cm³/mol. The number of nitrogens with one attached hydrogen (secondary N) is 1. The third-order valence-corrected chi connectivity index (χ3v) is 4.57. The summed E-state index contributed by atoms with van der Waals surface area (Å²) >= 11 is 0. The Balaban J connectivity index is 1.94. The fraction of sp³-hybridized carbons (Fsp3) is 0.667. The van der Waals surface area contributed by atoms with E-state index in [9.17, 15) is 0 Å². The second-order valence-corrected chi connectivity index (χ2v) is 6.46. The van der Waals surface area contributed by atoms with Crippen molar-refractivity contribution in [2.24, 2.45) is 0 Å². The first-order valence-corrected chi connectivity index (χ1v) is 8.32. The smallest absolute Gasteiger partial charge is 0.0332 e. The lowest BCUT2D eigenvalue weighted by atomic mass is 10.0. The molecule has 2 rings (SSSR count). The summed E-state index contributed by atoms with van der Waals surface area (Å²) in [5.41, 5.74) is 2.78. The zero-order chi connectivity index (χ0) is 15.2. The van der Waals surface area contributed by atoms with E-state index in [0.29, 0.717) is 12.1 Å². The van der Waals surface area contributed by atoms with Gasteiger partial charge in [0.2, 0.25) is 0 Å². The molecule has 21 heavy (non-hydrogen) atoms. The molecule has 0 radical (unpaired) electrons. The summed E-state index contributed by atoms with van der Waals surface area (Å²) in [6.45, 7) is 12.5. The van der Waals surface area contributed by atoms with E-state index in [0.717, 1.165) is 6.54 Å². The third-order valence-electron chi connectivity index (χ3n) is 4.57. The number of piperazine rings is 1. The van der Waals surface area contributed by atoms with Gasteiger partial charge < -0.3 is 10.2 Å². The molecule has 1 aliphatic heterocycles. The summed E-state index contributed by atoms with van der Waals surface area (Å²) < 4.78 is 0. The van der Waals surface area contributed by atoms with Crippen LogP contribution in [-0.2, 0) is 0 Å². The minimum absolute atomic E-state index is 0.474. The van der Waals surface area contributed by atoms with Crippen LogP contribution in [0.4, 0.5) is 0 Å². The fourth-order valence-electron chi connectivity index (χ4n) is 3.32. The second kappa shape index (κ2) is 7.92. The van der Waals surface area contributed by atoms with Gasteiger partial charge in [-0.25, -0.2) is 0 Å². The minimum atomic E-state index is 0.474. The molecule has 1 aliphatic rings. The summed E-state index contributed by atoms with van der Waals surface area (Å²) in [6, 6.07) is 10.1. The molecule has 1 saturated heterocycles. The maximum Gasteiger partial charge on any atom is 0.0332 e. The van der Waals surface area contributed by atoms with Crippen LogP contribution in [-0.4, -0.2) is 55.6 Å². The highest BCUT2D eigenvalue weighted by molar-refractivity contribution is 5.25. The highest BCUT2D eigenvalue weighted by atomic mass is 15.3. The van der Waals surface area contributed by atoms with Crippen molar-refractivity contribution in [2.75, 3.05) is 39.8 Å². The topological polar surface area (TPSA) is 18.5 Å². The molecule has 2 atom stereocenters. The van der Waals surface area contributed by atoms with Crippen LogP contribution in [0.25, 0.3) is 0 Å². The van der Waals surface area contributed by atoms with Gasteiger partial charge in [-0.05, 0) is 39.4 Å². The van der Waals surface area contributed by atoms with Crippen molar-refractivity contribution >= 4 is 0 Å². The number of hydrogen-bond donors (Lipinski definition) is 1. The molecule has 1 aromatic carbocycles. The Kier molecular flexibility index (Phi) is 6.22. The molecule has 3 heteroatoms. The van der Waals surface area contributed by atoms with E-state index in [1.54, 1.807) is 0 Å². The summed E-state index contributed by atoms with van der Waals surface area (Å²) in [7, 11) is 2.22. The summed E-state index contributed by atoms with van der Waals surface area (Å²) in [4.78, 5) is 5.07. The van der Waals surface area contributed by atoms with Gasteiger partial charge in [-0.3, -0.25) is 4.90 Å². The Morgan fingerprint density at radius 2 is 2.14 bits per heavy atom. The first-order valence-electron chi connectivity index (χ1n) is 8.32. The maximum absolute atomic E-state index is 3.65. The highest BCUT2D eigenvalue weighted by Crippen LogP contribution is 2.20. The van der Waals surface area contributed by atoms with Crippen molar-refractivity contribution in [3.05, 3.63) is 35.4 Å². The van der Waals surface area contributed by atoms with Gasteiger partial charge in [-0.1, -0.05) is 36.8 Å². The van der Waals surface area contributed by atoms with Gasteiger partial charge in [0, 0.05) is 38.3 Å². The molecule has 0 aliphatic carbocycles. The molecule has 1 N–H and O–H groups in total. The summed E-state index contributed by atoms with van der Waals surface area (Å²) in [5.74, 6) is 0. The average Bonchev–Trinajstić information content (AvgIpc) is 2.45. The van der Waals surface area contributed by atoms with Crippen LogP contribution < -0.4 is 5.32 Å². The van der Waals surface area contributed by atoms with Crippen molar-refractivity contribution in [3.8, 4) is 0 Å². The highest BCUT2D eigenvalue weighted by Gasteiger charge is 2.22. The van der Waals surface area contributed by atoms with Crippen molar-refractivity contribution < 1.29 is 0 Å². The molecule has 1 heterocycles. The van der Waals surface area contributed by atoms with Crippen LogP contribution in [0.15, 0.2) is 24.3 Å². The monoisotopic (exact) mass is 289 g/mol. The molecule has 1 fully saturated rings. The lowest BCUT2D eigenvalue weighted by Gasteiger charge is -2.38. The standard InChI is InChI=1S/C18H31N3/c1-5-19-18(17-8-6-7-15(2)13-17)9-10-21-12-11-20(4)14-16(21)3/h6-8,13,16,18-19H,5,9-12,14H2,1-4H3. The van der Waals surface area contributed by atoms with E-state index in [2.05, 4.69) is 67.2 Å². The predicted octanol–water partition coefficient (Wildman–Crippen LogP) is 2.67. The van der Waals surface area contributed by atoms with Crippen LogP contribution in [0.3, 0.4) is 0 Å². The van der Waals surface area contributed by atoms with Gasteiger partial charge in [0.05, 0.1) is 0 Å². The summed E-state index contributed by atoms with van der Waals surface area (Å²) in [6.07, 6.45) is 1.19. The Labute approximate surface area is 130 Å².